The van der Waals surface area contributed by atoms with Crippen LogP contribution in [0.5, 0.6) is 0 Å². The smallest absolute Gasteiger partial charge is 0.238 e. The van der Waals surface area contributed by atoms with Crippen LogP contribution < -0.4 is 16.4 Å². The molecule has 0 atom stereocenters. The summed E-state index contributed by atoms with van der Waals surface area (Å²) in [6, 6.07) is 3.82. The maximum Gasteiger partial charge on any atom is 0.238 e. The van der Waals surface area contributed by atoms with Gasteiger partial charge in [0.05, 0.1) is 17.9 Å². The molecule has 1 aliphatic heterocycles. The molecule has 1 aliphatic rings. The molecule has 2 amide bonds. The molecule has 0 spiro atoms. The van der Waals surface area contributed by atoms with Gasteiger partial charge >= 0.3 is 0 Å². The van der Waals surface area contributed by atoms with Gasteiger partial charge in [0.2, 0.25) is 11.8 Å². The molecule has 1 fully saturated rings. The number of nitrogens with two attached hydrogens (primary N) is 1. The van der Waals surface area contributed by atoms with Gasteiger partial charge < -0.3 is 16.4 Å². The van der Waals surface area contributed by atoms with Gasteiger partial charge in [-0.15, -0.1) is 0 Å². The molecule has 108 valence electrons. The van der Waals surface area contributed by atoms with Crippen molar-refractivity contribution in [3.63, 3.8) is 0 Å². The molecule has 7 heteroatoms. The van der Waals surface area contributed by atoms with E-state index in [1.807, 2.05) is 4.90 Å². The Labute approximate surface area is 116 Å². The van der Waals surface area contributed by atoms with Crippen molar-refractivity contribution in [2.24, 2.45) is 0 Å². The molecule has 1 saturated heterocycles. The van der Waals surface area contributed by atoms with E-state index in [1.54, 1.807) is 0 Å². The molecule has 1 aromatic carbocycles. The molecular formula is C13H17FN4O2. The molecule has 0 bridgehead atoms. The predicted octanol–water partition coefficient (Wildman–Crippen LogP) is 0.168. The van der Waals surface area contributed by atoms with Crippen LogP contribution in [0.3, 0.4) is 0 Å². The van der Waals surface area contributed by atoms with Gasteiger partial charge in [-0.05, 0) is 18.2 Å². The number of nitrogen functional groups attached to an aromatic ring is 1. The van der Waals surface area contributed by atoms with Gasteiger partial charge in [-0.2, -0.15) is 0 Å². The Morgan fingerprint density at radius 3 is 3.05 bits per heavy atom. The van der Waals surface area contributed by atoms with Crippen LogP contribution in [0.25, 0.3) is 0 Å². The van der Waals surface area contributed by atoms with Gasteiger partial charge in [0.25, 0.3) is 0 Å². The second-order valence-corrected chi connectivity index (χ2v) is 4.66. The van der Waals surface area contributed by atoms with E-state index in [0.717, 1.165) is 0 Å². The second kappa shape index (κ2) is 6.33. The Hall–Kier alpha value is -2.15. The summed E-state index contributed by atoms with van der Waals surface area (Å²) < 4.78 is 13.1. The zero-order valence-electron chi connectivity index (χ0n) is 11.0. The number of halogens is 1. The van der Waals surface area contributed by atoms with E-state index >= 15 is 0 Å². The molecule has 0 aromatic heterocycles. The lowest BCUT2D eigenvalue weighted by Gasteiger charge is -2.18. The minimum Gasteiger partial charge on any atom is -0.397 e. The average Bonchev–Trinajstić information content (AvgIpc) is 2.59. The number of hydrogen-bond acceptors (Lipinski definition) is 4. The molecular weight excluding hydrogens is 263 g/mol. The Bertz CT molecular complexity index is 521. The fourth-order valence-electron chi connectivity index (χ4n) is 2.00. The van der Waals surface area contributed by atoms with Crippen LogP contribution in [0.4, 0.5) is 15.8 Å². The van der Waals surface area contributed by atoms with Crippen molar-refractivity contribution < 1.29 is 14.0 Å². The molecule has 1 heterocycles. The summed E-state index contributed by atoms with van der Waals surface area (Å²) in [6.45, 7) is 1.80. The third-order valence-electron chi connectivity index (χ3n) is 3.06. The Kier molecular flexibility index (Phi) is 4.52. The topological polar surface area (TPSA) is 87.5 Å². The number of nitrogens with zero attached hydrogens (tertiary/aromatic N) is 1. The van der Waals surface area contributed by atoms with Gasteiger partial charge in [-0.3, -0.25) is 14.5 Å². The van der Waals surface area contributed by atoms with E-state index in [9.17, 15) is 14.0 Å². The van der Waals surface area contributed by atoms with Crippen LogP contribution >= 0.6 is 0 Å². The Balaban J connectivity index is 1.91. The molecule has 1 aromatic rings. The highest BCUT2D eigenvalue weighted by atomic mass is 19.1. The van der Waals surface area contributed by atoms with Crippen molar-refractivity contribution in [2.75, 3.05) is 37.2 Å². The van der Waals surface area contributed by atoms with Crippen LogP contribution in [-0.4, -0.2) is 42.9 Å². The highest BCUT2D eigenvalue weighted by Gasteiger charge is 2.16. The lowest BCUT2D eigenvalue weighted by atomic mass is 10.2. The summed E-state index contributed by atoms with van der Waals surface area (Å²) >= 11 is 0. The number of amides is 2. The first-order valence-corrected chi connectivity index (χ1v) is 6.38. The fourth-order valence-corrected chi connectivity index (χ4v) is 2.00. The van der Waals surface area contributed by atoms with Gasteiger partial charge in [0, 0.05) is 26.1 Å². The first-order chi connectivity index (χ1) is 9.54. The van der Waals surface area contributed by atoms with Crippen molar-refractivity contribution in [1.29, 1.82) is 0 Å². The summed E-state index contributed by atoms with van der Waals surface area (Å²) in [4.78, 5) is 25.0. The number of hydrogen-bond donors (Lipinski definition) is 3. The maximum absolute atomic E-state index is 13.1. The third-order valence-corrected chi connectivity index (χ3v) is 3.06. The number of rotatable bonds is 3. The zero-order chi connectivity index (χ0) is 14.5. The molecule has 20 heavy (non-hydrogen) atoms. The average molecular weight is 280 g/mol. The molecule has 0 saturated carbocycles. The summed E-state index contributed by atoms with van der Waals surface area (Å²) in [5.41, 5.74) is 6.24. The monoisotopic (exact) mass is 280 g/mol. The largest absolute Gasteiger partial charge is 0.397 e. The maximum atomic E-state index is 13.1. The summed E-state index contributed by atoms with van der Waals surface area (Å²) in [5.74, 6) is -0.752. The van der Waals surface area contributed by atoms with Crippen LogP contribution in [0.2, 0.25) is 0 Å². The van der Waals surface area contributed by atoms with Crippen LogP contribution in [0, 0.1) is 5.82 Å². The number of carbonyl (C=O) groups is 2. The van der Waals surface area contributed by atoms with Crippen molar-refractivity contribution in [3.05, 3.63) is 24.0 Å². The predicted molar refractivity (Wildman–Crippen MR) is 73.5 cm³/mol. The molecule has 4 N–H and O–H groups in total. The number of nitrogens with one attached hydrogen (secondary N) is 2. The van der Waals surface area contributed by atoms with Gasteiger partial charge in [-0.25, -0.2) is 4.39 Å². The summed E-state index contributed by atoms with van der Waals surface area (Å²) in [7, 11) is 0. The van der Waals surface area contributed by atoms with Crippen LogP contribution in [0.1, 0.15) is 6.42 Å². The number of carbonyl (C=O) groups excluding carboxylic acids is 2. The lowest BCUT2D eigenvalue weighted by molar-refractivity contribution is -0.121. The molecule has 6 nitrogen and oxygen atoms in total. The lowest BCUT2D eigenvalue weighted by Crippen LogP contribution is -2.35. The SMILES string of the molecule is Nc1ccc(F)cc1NC(=O)CN1CCNC(=O)CC1. The van der Waals surface area contributed by atoms with Crippen molar-refractivity contribution in [2.45, 2.75) is 6.42 Å². The second-order valence-electron chi connectivity index (χ2n) is 4.66. The fraction of sp³-hybridized carbons (Fsp3) is 0.385. The Morgan fingerprint density at radius 2 is 2.25 bits per heavy atom. The highest BCUT2D eigenvalue weighted by molar-refractivity contribution is 5.95. The van der Waals surface area contributed by atoms with E-state index < -0.39 is 5.82 Å². The first-order valence-electron chi connectivity index (χ1n) is 6.38. The normalized spacial score (nSPS) is 16.4. The van der Waals surface area contributed by atoms with Crippen molar-refractivity contribution in [1.82, 2.24) is 10.2 Å². The first kappa shape index (κ1) is 14.3. The number of benzene rings is 1. The Morgan fingerprint density at radius 1 is 1.45 bits per heavy atom. The van der Waals surface area contributed by atoms with Gasteiger partial charge in [0.15, 0.2) is 0 Å². The summed E-state index contributed by atoms with van der Waals surface area (Å²) in [6.07, 6.45) is 0.370. The molecule has 0 aliphatic carbocycles. The molecule has 2 rings (SSSR count). The quantitative estimate of drug-likeness (QED) is 0.689. The standard InChI is InChI=1S/C13H17FN4O2/c14-9-1-2-10(15)11(7-9)17-13(20)8-18-5-3-12(19)16-4-6-18/h1-2,7H,3-6,8,15H2,(H,16,19)(H,17,20). The minimum absolute atomic E-state index is 0.0118. The highest BCUT2D eigenvalue weighted by Crippen LogP contribution is 2.19. The van der Waals surface area contributed by atoms with E-state index in [0.29, 0.717) is 31.7 Å². The number of anilines is 2. The van der Waals surface area contributed by atoms with E-state index in [2.05, 4.69) is 10.6 Å². The van der Waals surface area contributed by atoms with E-state index in [4.69, 9.17) is 5.73 Å². The van der Waals surface area contributed by atoms with E-state index in [-0.39, 0.29) is 24.0 Å². The zero-order valence-corrected chi connectivity index (χ0v) is 11.0. The van der Waals surface area contributed by atoms with Gasteiger partial charge in [-0.1, -0.05) is 0 Å². The molecule has 0 radical (unpaired) electrons. The summed E-state index contributed by atoms with van der Waals surface area (Å²) in [5, 5.41) is 5.31. The van der Waals surface area contributed by atoms with Crippen molar-refractivity contribution in [3.8, 4) is 0 Å². The van der Waals surface area contributed by atoms with Gasteiger partial charge in [0.1, 0.15) is 5.82 Å². The van der Waals surface area contributed by atoms with E-state index in [1.165, 1.54) is 18.2 Å². The minimum atomic E-state index is -0.459. The van der Waals surface area contributed by atoms with Crippen LogP contribution in [0.15, 0.2) is 18.2 Å². The van der Waals surface area contributed by atoms with Crippen LogP contribution in [-0.2, 0) is 9.59 Å². The third kappa shape index (κ3) is 3.92. The van der Waals surface area contributed by atoms with Crippen molar-refractivity contribution >= 4 is 23.2 Å². The molecule has 0 unspecified atom stereocenters.